The Morgan fingerprint density at radius 1 is 1.19 bits per heavy atom. The van der Waals surface area contributed by atoms with Crippen molar-refractivity contribution in [1.82, 2.24) is 19.4 Å². The first-order valence-electron chi connectivity index (χ1n) is 11.2. The van der Waals surface area contributed by atoms with Gasteiger partial charge in [-0.15, -0.1) is 0 Å². The van der Waals surface area contributed by atoms with E-state index in [1.54, 1.807) is 17.9 Å². The molecular weight excluding hydrogens is 406 g/mol. The van der Waals surface area contributed by atoms with Crippen LogP contribution in [0.3, 0.4) is 0 Å². The molecule has 1 aliphatic heterocycles. The number of aryl methyl sites for hydroxylation is 1. The van der Waals surface area contributed by atoms with Crippen LogP contribution in [-0.4, -0.2) is 58.8 Å². The summed E-state index contributed by atoms with van der Waals surface area (Å²) in [5, 5.41) is 3.68. The van der Waals surface area contributed by atoms with Gasteiger partial charge in [0.05, 0.1) is 18.2 Å². The first kappa shape index (κ1) is 20.6. The van der Waals surface area contributed by atoms with Crippen LogP contribution in [0.15, 0.2) is 35.3 Å². The number of nitrogen functional groups attached to an aromatic ring is 1. The summed E-state index contributed by atoms with van der Waals surface area (Å²) in [5.74, 6) is 1.49. The van der Waals surface area contributed by atoms with Crippen molar-refractivity contribution in [3.05, 3.63) is 40.7 Å². The molecule has 5 rings (SSSR count). The van der Waals surface area contributed by atoms with Crippen LogP contribution < -0.4 is 26.1 Å². The minimum absolute atomic E-state index is 0.183. The second-order valence-electron chi connectivity index (χ2n) is 8.37. The Hall–Kier alpha value is -3.33. The van der Waals surface area contributed by atoms with Crippen molar-refractivity contribution < 1.29 is 4.74 Å². The zero-order valence-electron chi connectivity index (χ0n) is 18.5. The highest BCUT2D eigenvalue weighted by Gasteiger charge is 2.31. The van der Waals surface area contributed by atoms with Crippen molar-refractivity contribution in [2.75, 3.05) is 49.2 Å². The molecule has 1 aliphatic carbocycles. The summed E-state index contributed by atoms with van der Waals surface area (Å²) in [6, 6.07) is 8.37. The van der Waals surface area contributed by atoms with Crippen LogP contribution in [0.5, 0.6) is 5.75 Å². The summed E-state index contributed by atoms with van der Waals surface area (Å²) in [4.78, 5) is 26.2. The number of nitrogens with two attached hydrogens (primary N) is 1. The fourth-order valence-corrected chi connectivity index (χ4v) is 4.44. The highest BCUT2D eigenvalue weighted by molar-refractivity contribution is 5.78. The van der Waals surface area contributed by atoms with E-state index in [1.165, 1.54) is 18.9 Å². The van der Waals surface area contributed by atoms with E-state index in [-0.39, 0.29) is 5.43 Å². The van der Waals surface area contributed by atoms with Crippen LogP contribution in [-0.2, 0) is 6.54 Å². The third-order valence-corrected chi connectivity index (χ3v) is 6.37. The number of hydrogen-bond acceptors (Lipinski definition) is 8. The van der Waals surface area contributed by atoms with E-state index in [1.807, 2.05) is 13.0 Å². The van der Waals surface area contributed by atoms with Crippen LogP contribution in [0, 0.1) is 0 Å². The first-order chi connectivity index (χ1) is 15.6. The molecule has 3 N–H and O–H groups in total. The van der Waals surface area contributed by atoms with Crippen molar-refractivity contribution in [3.8, 4) is 5.75 Å². The van der Waals surface area contributed by atoms with Gasteiger partial charge in [0.15, 0.2) is 11.1 Å². The summed E-state index contributed by atoms with van der Waals surface area (Å²) in [6.45, 7) is 6.83. The predicted molar refractivity (Wildman–Crippen MR) is 127 cm³/mol. The lowest BCUT2D eigenvalue weighted by molar-refractivity contribution is 0.248. The third kappa shape index (κ3) is 3.84. The molecule has 1 saturated carbocycles. The lowest BCUT2D eigenvalue weighted by Gasteiger charge is -2.36. The molecule has 32 heavy (non-hydrogen) atoms. The lowest BCUT2D eigenvalue weighted by Crippen LogP contribution is -2.47. The number of nitrogens with one attached hydrogen (secondary N) is 1. The number of anilines is 4. The van der Waals surface area contributed by atoms with E-state index >= 15 is 0 Å². The molecule has 9 heteroatoms. The molecule has 0 bridgehead atoms. The van der Waals surface area contributed by atoms with Gasteiger partial charge in [-0.3, -0.25) is 9.69 Å². The number of pyridine rings is 1. The summed E-state index contributed by atoms with van der Waals surface area (Å²) in [6.07, 6.45) is 4.25. The van der Waals surface area contributed by atoms with Crippen LogP contribution in [0.25, 0.3) is 11.0 Å². The summed E-state index contributed by atoms with van der Waals surface area (Å²) < 4.78 is 7.46. The van der Waals surface area contributed by atoms with Gasteiger partial charge in [-0.05, 0) is 31.9 Å². The molecule has 1 saturated heterocycles. The van der Waals surface area contributed by atoms with Crippen LogP contribution in [0.4, 0.5) is 23.1 Å². The molecule has 0 atom stereocenters. The Balaban J connectivity index is 1.39. The zero-order valence-corrected chi connectivity index (χ0v) is 18.5. The zero-order chi connectivity index (χ0) is 22.2. The molecule has 9 nitrogen and oxygen atoms in total. The Morgan fingerprint density at radius 3 is 2.66 bits per heavy atom. The topological polar surface area (TPSA) is 102 Å². The van der Waals surface area contributed by atoms with Crippen LogP contribution in [0.2, 0.25) is 0 Å². The van der Waals surface area contributed by atoms with Gasteiger partial charge in [-0.1, -0.05) is 0 Å². The molecule has 2 aliphatic rings. The number of aromatic nitrogens is 3. The van der Waals surface area contributed by atoms with E-state index in [9.17, 15) is 4.79 Å². The van der Waals surface area contributed by atoms with E-state index in [0.717, 1.165) is 49.3 Å². The van der Waals surface area contributed by atoms with Crippen molar-refractivity contribution in [3.63, 3.8) is 0 Å². The second kappa shape index (κ2) is 8.31. The molecule has 2 fully saturated rings. The monoisotopic (exact) mass is 435 g/mol. The van der Waals surface area contributed by atoms with Crippen molar-refractivity contribution in [2.24, 2.45) is 0 Å². The maximum atomic E-state index is 12.3. The minimum atomic E-state index is -0.183. The fraction of sp³-hybridized carbons (Fsp3) is 0.435. The molecule has 0 amide bonds. The third-order valence-electron chi connectivity index (χ3n) is 6.37. The molecule has 2 aromatic heterocycles. The van der Waals surface area contributed by atoms with Crippen molar-refractivity contribution in [1.29, 1.82) is 0 Å². The number of piperazine rings is 1. The van der Waals surface area contributed by atoms with Gasteiger partial charge < -0.3 is 25.3 Å². The van der Waals surface area contributed by atoms with Crippen molar-refractivity contribution in [2.45, 2.75) is 32.4 Å². The number of nitrogens with zero attached hydrogens (tertiary/aromatic N) is 5. The molecule has 168 valence electrons. The van der Waals surface area contributed by atoms with Crippen LogP contribution in [0.1, 0.15) is 19.8 Å². The van der Waals surface area contributed by atoms with Gasteiger partial charge >= 0.3 is 0 Å². The Morgan fingerprint density at radius 2 is 1.97 bits per heavy atom. The normalized spacial score (nSPS) is 17.0. The molecule has 0 unspecified atom stereocenters. The average molecular weight is 436 g/mol. The molecule has 1 aromatic carbocycles. The molecule has 3 heterocycles. The number of hydrogen-bond donors (Lipinski definition) is 2. The molecular formula is C23H29N7O2. The van der Waals surface area contributed by atoms with E-state index < -0.39 is 0 Å². The van der Waals surface area contributed by atoms with Crippen LogP contribution >= 0.6 is 0 Å². The number of benzene rings is 1. The summed E-state index contributed by atoms with van der Waals surface area (Å²) in [5.41, 5.74) is 8.26. The van der Waals surface area contributed by atoms with Gasteiger partial charge in [0.25, 0.3) is 0 Å². The standard InChI is InChI=1S/C23H29N7O2/c1-3-30-21(24)13-19(31)17-14-25-23(27-22(17)30)26-18-7-6-16(12-20(18)32-2)29-10-8-28(9-11-29)15-4-5-15/h6-7,12-15H,3-5,8-11,24H2,1-2H3,(H,25,26,27). The maximum absolute atomic E-state index is 12.3. The predicted octanol–water partition coefficient (Wildman–Crippen LogP) is 2.43. The van der Waals surface area contributed by atoms with Gasteiger partial charge in [0.2, 0.25) is 5.95 Å². The van der Waals surface area contributed by atoms with Gasteiger partial charge in [-0.25, -0.2) is 4.98 Å². The Kier molecular flexibility index (Phi) is 5.34. The lowest BCUT2D eigenvalue weighted by atomic mass is 10.2. The highest BCUT2D eigenvalue weighted by atomic mass is 16.5. The SMILES string of the molecule is CCn1c(N)cc(=O)c2cnc(Nc3ccc(N4CCN(C5CC5)CC4)cc3OC)nc21. The molecule has 3 aromatic rings. The Labute approximate surface area is 186 Å². The molecule has 0 spiro atoms. The summed E-state index contributed by atoms with van der Waals surface area (Å²) in [7, 11) is 1.66. The van der Waals surface area contributed by atoms with Gasteiger partial charge in [0, 0.05) is 62.8 Å². The minimum Gasteiger partial charge on any atom is -0.494 e. The molecule has 0 radical (unpaired) electrons. The van der Waals surface area contributed by atoms with E-state index in [2.05, 4.69) is 37.2 Å². The largest absolute Gasteiger partial charge is 0.494 e. The van der Waals surface area contributed by atoms with Crippen molar-refractivity contribution >= 4 is 34.2 Å². The number of rotatable bonds is 6. The smallest absolute Gasteiger partial charge is 0.229 e. The van der Waals surface area contributed by atoms with Gasteiger partial charge in [0.1, 0.15) is 11.6 Å². The van der Waals surface area contributed by atoms with Gasteiger partial charge in [-0.2, -0.15) is 4.98 Å². The maximum Gasteiger partial charge on any atom is 0.229 e. The first-order valence-corrected chi connectivity index (χ1v) is 11.2. The Bertz CT molecular complexity index is 1200. The number of ether oxygens (including phenoxy) is 1. The average Bonchev–Trinajstić information content (AvgIpc) is 3.65. The summed E-state index contributed by atoms with van der Waals surface area (Å²) >= 11 is 0. The number of fused-ring (bicyclic) bond motifs is 1. The fourth-order valence-electron chi connectivity index (χ4n) is 4.44. The van der Waals surface area contributed by atoms with E-state index in [4.69, 9.17) is 10.5 Å². The highest BCUT2D eigenvalue weighted by Crippen LogP contribution is 2.33. The quantitative estimate of drug-likeness (QED) is 0.609. The number of methoxy groups -OCH3 is 1. The van der Waals surface area contributed by atoms with E-state index in [0.29, 0.717) is 29.3 Å². The second-order valence-corrected chi connectivity index (χ2v) is 8.37.